The zero-order chi connectivity index (χ0) is 27.6. The molecule has 1 N–H and O–H groups in total. The van der Waals surface area contributed by atoms with E-state index < -0.39 is 5.91 Å². The summed E-state index contributed by atoms with van der Waals surface area (Å²) >= 11 is 12.0. The molecule has 4 rings (SSSR count). The average molecular weight is 559 g/mol. The second-order valence-corrected chi connectivity index (χ2v) is 9.18. The molecule has 0 spiro atoms. The van der Waals surface area contributed by atoms with Gasteiger partial charge in [-0.25, -0.2) is 0 Å². The van der Waals surface area contributed by atoms with Gasteiger partial charge in [0.25, 0.3) is 5.91 Å². The van der Waals surface area contributed by atoms with Crippen molar-refractivity contribution >= 4 is 40.9 Å². The van der Waals surface area contributed by atoms with Crippen molar-refractivity contribution in [2.24, 2.45) is 0 Å². The van der Waals surface area contributed by atoms with Gasteiger partial charge in [-0.05, 0) is 71.3 Å². The summed E-state index contributed by atoms with van der Waals surface area (Å²) in [5.74, 6) is 1.08. The minimum Gasteiger partial charge on any atom is -0.493 e. The Bertz CT molecular complexity index is 1510. The fourth-order valence-electron chi connectivity index (χ4n) is 3.57. The molecule has 0 bridgehead atoms. The first-order valence-electron chi connectivity index (χ1n) is 11.9. The fraction of sp³-hybridized carbons (Fsp3) is 0.0968. The molecule has 0 saturated carbocycles. The van der Waals surface area contributed by atoms with E-state index in [1.54, 1.807) is 54.6 Å². The van der Waals surface area contributed by atoms with Crippen LogP contribution in [0.25, 0.3) is 6.08 Å². The lowest BCUT2D eigenvalue weighted by Crippen LogP contribution is -2.13. The molecule has 0 radical (unpaired) electrons. The van der Waals surface area contributed by atoms with E-state index in [9.17, 15) is 10.1 Å². The van der Waals surface area contributed by atoms with E-state index in [0.29, 0.717) is 45.2 Å². The van der Waals surface area contributed by atoms with Crippen LogP contribution in [0.4, 0.5) is 5.69 Å². The summed E-state index contributed by atoms with van der Waals surface area (Å²) in [6.45, 7) is 0.695. The van der Waals surface area contributed by atoms with Gasteiger partial charge in [-0.2, -0.15) is 5.26 Å². The highest BCUT2D eigenvalue weighted by Gasteiger charge is 2.12. The second-order valence-electron chi connectivity index (χ2n) is 8.37. The Labute approximate surface area is 237 Å². The predicted octanol–water partition coefficient (Wildman–Crippen LogP) is 7.71. The van der Waals surface area contributed by atoms with Crippen molar-refractivity contribution in [3.8, 4) is 23.3 Å². The van der Waals surface area contributed by atoms with E-state index in [4.69, 9.17) is 37.4 Å². The van der Waals surface area contributed by atoms with Crippen molar-refractivity contribution in [1.29, 1.82) is 5.26 Å². The van der Waals surface area contributed by atoms with Gasteiger partial charge in [-0.3, -0.25) is 4.79 Å². The molecule has 1 amide bonds. The Morgan fingerprint density at radius 1 is 0.846 bits per heavy atom. The Balaban J connectivity index is 1.38. The maximum atomic E-state index is 12.8. The van der Waals surface area contributed by atoms with Gasteiger partial charge >= 0.3 is 0 Å². The highest BCUT2D eigenvalue weighted by atomic mass is 35.5. The molecule has 0 fully saturated rings. The highest BCUT2D eigenvalue weighted by molar-refractivity contribution is 6.42. The van der Waals surface area contributed by atoms with Crippen LogP contribution in [0.15, 0.2) is 96.6 Å². The van der Waals surface area contributed by atoms with Gasteiger partial charge in [0, 0.05) is 5.69 Å². The number of carbonyl (C=O) groups is 1. The van der Waals surface area contributed by atoms with Gasteiger partial charge in [0.15, 0.2) is 11.5 Å². The summed E-state index contributed by atoms with van der Waals surface area (Å²) in [7, 11) is 1.51. The maximum Gasteiger partial charge on any atom is 0.266 e. The standard InChI is InChI=1S/C31H24Cl2N2O4/c1-37-30-17-22(8-14-29(30)39-20-23-7-13-27(32)28(33)16-23)15-24(18-34)31(36)35-25-9-11-26(12-10-25)38-19-21-5-3-2-4-6-21/h2-17H,19-20H2,1H3,(H,35,36)/b24-15+. The zero-order valence-electron chi connectivity index (χ0n) is 21.0. The number of anilines is 1. The van der Waals surface area contributed by atoms with Crippen molar-refractivity contribution in [2.75, 3.05) is 12.4 Å². The van der Waals surface area contributed by atoms with Gasteiger partial charge < -0.3 is 19.5 Å². The van der Waals surface area contributed by atoms with Crippen LogP contribution in [0.2, 0.25) is 10.0 Å². The number of benzene rings is 4. The van der Waals surface area contributed by atoms with Crippen LogP contribution in [0, 0.1) is 11.3 Å². The minimum absolute atomic E-state index is 0.0640. The lowest BCUT2D eigenvalue weighted by molar-refractivity contribution is -0.112. The molecule has 0 aromatic heterocycles. The smallest absolute Gasteiger partial charge is 0.266 e. The predicted molar refractivity (Wildman–Crippen MR) is 153 cm³/mol. The summed E-state index contributed by atoms with van der Waals surface area (Å²) in [5.41, 5.74) is 2.98. The molecule has 8 heteroatoms. The number of amides is 1. The molecule has 0 aliphatic carbocycles. The number of methoxy groups -OCH3 is 1. The summed E-state index contributed by atoms with van der Waals surface area (Å²) < 4.78 is 17.1. The highest BCUT2D eigenvalue weighted by Crippen LogP contribution is 2.31. The molecular weight excluding hydrogens is 535 g/mol. The third-order valence-electron chi connectivity index (χ3n) is 5.60. The number of ether oxygens (including phenoxy) is 3. The number of nitriles is 1. The van der Waals surface area contributed by atoms with Crippen LogP contribution < -0.4 is 19.5 Å². The lowest BCUT2D eigenvalue weighted by atomic mass is 10.1. The third kappa shape index (κ3) is 7.78. The molecule has 0 aliphatic rings. The summed E-state index contributed by atoms with van der Waals surface area (Å²) in [4.78, 5) is 12.8. The molecule has 6 nitrogen and oxygen atoms in total. The van der Waals surface area contributed by atoms with Gasteiger partial charge in [0.2, 0.25) is 0 Å². The molecule has 196 valence electrons. The van der Waals surface area contributed by atoms with Crippen molar-refractivity contribution in [2.45, 2.75) is 13.2 Å². The summed E-state index contributed by atoms with van der Waals surface area (Å²) in [5, 5.41) is 13.3. The molecule has 0 atom stereocenters. The van der Waals surface area contributed by atoms with Crippen molar-refractivity contribution in [3.05, 3.63) is 123 Å². The number of nitrogens with zero attached hydrogens (tertiary/aromatic N) is 1. The topological polar surface area (TPSA) is 80.6 Å². The van der Waals surface area contributed by atoms with Gasteiger partial charge in [-0.15, -0.1) is 0 Å². The first-order chi connectivity index (χ1) is 18.9. The summed E-state index contributed by atoms with van der Waals surface area (Å²) in [6, 6.07) is 29.1. The van der Waals surface area contributed by atoms with Gasteiger partial charge in [0.05, 0.1) is 17.2 Å². The van der Waals surface area contributed by atoms with E-state index in [1.165, 1.54) is 13.2 Å². The van der Waals surface area contributed by atoms with Gasteiger partial charge in [-0.1, -0.05) is 65.7 Å². The largest absolute Gasteiger partial charge is 0.493 e. The molecule has 0 aliphatic heterocycles. The quantitative estimate of drug-likeness (QED) is 0.159. The molecule has 39 heavy (non-hydrogen) atoms. The SMILES string of the molecule is COc1cc(/C=C(\C#N)C(=O)Nc2ccc(OCc3ccccc3)cc2)ccc1OCc1ccc(Cl)c(Cl)c1. The molecule has 0 unspecified atom stereocenters. The van der Waals surface area contributed by atoms with Crippen molar-refractivity contribution < 1.29 is 19.0 Å². The number of halogens is 2. The number of carbonyl (C=O) groups excluding carboxylic acids is 1. The number of nitrogens with one attached hydrogen (secondary N) is 1. The first-order valence-corrected chi connectivity index (χ1v) is 12.7. The van der Waals surface area contributed by atoms with Gasteiger partial charge in [0.1, 0.15) is 30.6 Å². The Morgan fingerprint density at radius 2 is 1.59 bits per heavy atom. The first kappa shape index (κ1) is 27.6. The Kier molecular flexibility index (Phi) is 9.47. The minimum atomic E-state index is -0.533. The molecule has 4 aromatic rings. The third-order valence-corrected chi connectivity index (χ3v) is 6.34. The number of rotatable bonds is 10. The molecular formula is C31H24Cl2N2O4. The fourth-order valence-corrected chi connectivity index (χ4v) is 3.89. The van der Waals surface area contributed by atoms with Crippen molar-refractivity contribution in [3.63, 3.8) is 0 Å². The Hall–Kier alpha value is -4.44. The Morgan fingerprint density at radius 3 is 2.28 bits per heavy atom. The second kappa shape index (κ2) is 13.4. The van der Waals surface area contributed by atoms with E-state index >= 15 is 0 Å². The molecule has 0 heterocycles. The average Bonchev–Trinajstić information content (AvgIpc) is 2.96. The van der Waals surface area contributed by atoms with E-state index in [1.807, 2.05) is 42.5 Å². The number of hydrogen-bond acceptors (Lipinski definition) is 5. The normalized spacial score (nSPS) is 10.9. The van der Waals surface area contributed by atoms with Crippen LogP contribution >= 0.6 is 23.2 Å². The molecule has 0 saturated heterocycles. The van der Waals surface area contributed by atoms with Crippen LogP contribution in [0.3, 0.4) is 0 Å². The van der Waals surface area contributed by atoms with Crippen LogP contribution in [-0.2, 0) is 18.0 Å². The monoisotopic (exact) mass is 558 g/mol. The molecule has 4 aromatic carbocycles. The zero-order valence-corrected chi connectivity index (χ0v) is 22.5. The van der Waals surface area contributed by atoms with Crippen LogP contribution in [-0.4, -0.2) is 13.0 Å². The van der Waals surface area contributed by atoms with Crippen LogP contribution in [0.5, 0.6) is 17.2 Å². The maximum absolute atomic E-state index is 12.8. The van der Waals surface area contributed by atoms with E-state index in [2.05, 4.69) is 5.32 Å². The van der Waals surface area contributed by atoms with E-state index in [0.717, 1.165) is 11.1 Å². The van der Waals surface area contributed by atoms with E-state index in [-0.39, 0.29) is 12.2 Å². The summed E-state index contributed by atoms with van der Waals surface area (Å²) in [6.07, 6.45) is 1.48. The van der Waals surface area contributed by atoms with Crippen molar-refractivity contribution in [1.82, 2.24) is 0 Å². The lowest BCUT2D eigenvalue weighted by Gasteiger charge is -2.12. The number of hydrogen-bond donors (Lipinski definition) is 1. The van der Waals surface area contributed by atoms with Crippen LogP contribution in [0.1, 0.15) is 16.7 Å².